The van der Waals surface area contributed by atoms with E-state index in [1.165, 1.54) is 0 Å². The van der Waals surface area contributed by atoms with Crippen LogP contribution in [0.5, 0.6) is 0 Å². The molecule has 0 aromatic heterocycles. The first-order chi connectivity index (χ1) is 6.59. The zero-order chi connectivity index (χ0) is 10.6. The first kappa shape index (κ1) is 10.5. The zero-order valence-corrected chi connectivity index (χ0v) is 7.81. The van der Waals surface area contributed by atoms with Crippen LogP contribution in [0.1, 0.15) is 24.4 Å². The van der Waals surface area contributed by atoms with Gasteiger partial charge in [-0.3, -0.25) is 4.79 Å². The van der Waals surface area contributed by atoms with Crippen molar-refractivity contribution in [1.29, 1.82) is 0 Å². The Bertz CT molecular complexity index is 326. The number of benzene rings is 1. The number of rotatable bonds is 4. The van der Waals surface area contributed by atoms with Gasteiger partial charge in [-0.25, -0.2) is 0 Å². The highest BCUT2D eigenvalue weighted by atomic mass is 16.4. The Balaban J connectivity index is 2.60. The maximum Gasteiger partial charge on any atom is 0.303 e. The smallest absolute Gasteiger partial charge is 0.303 e. The van der Waals surface area contributed by atoms with Gasteiger partial charge in [-0.15, -0.1) is 0 Å². The van der Waals surface area contributed by atoms with Gasteiger partial charge in [-0.2, -0.15) is 0 Å². The molecule has 4 nitrogen and oxygen atoms in total. The lowest BCUT2D eigenvalue weighted by Crippen LogP contribution is -2.12. The van der Waals surface area contributed by atoms with Crippen molar-refractivity contribution >= 4 is 11.7 Å². The molecule has 5 N–H and O–H groups in total. The Hall–Kier alpha value is -1.55. The predicted molar refractivity (Wildman–Crippen MR) is 54.7 cm³/mol. The van der Waals surface area contributed by atoms with Crippen LogP contribution in [-0.2, 0) is 4.79 Å². The third-order valence-corrected chi connectivity index (χ3v) is 2.01. The van der Waals surface area contributed by atoms with E-state index in [0.29, 0.717) is 12.1 Å². The van der Waals surface area contributed by atoms with Crippen LogP contribution >= 0.6 is 0 Å². The van der Waals surface area contributed by atoms with Crippen molar-refractivity contribution in [1.82, 2.24) is 0 Å². The minimum Gasteiger partial charge on any atom is -0.481 e. The Kier molecular flexibility index (Phi) is 3.48. The highest BCUT2D eigenvalue weighted by molar-refractivity contribution is 5.66. The summed E-state index contributed by atoms with van der Waals surface area (Å²) in [6, 6.07) is 6.95. The Morgan fingerprint density at radius 2 is 2.21 bits per heavy atom. The van der Waals surface area contributed by atoms with Gasteiger partial charge in [0.15, 0.2) is 0 Å². The molecule has 0 spiro atoms. The molecular formula is C10H14N2O2. The van der Waals surface area contributed by atoms with Crippen molar-refractivity contribution < 1.29 is 9.90 Å². The number of aliphatic carboxylic acids is 1. The number of nitrogen functional groups attached to an aromatic ring is 1. The molecule has 0 heterocycles. The summed E-state index contributed by atoms with van der Waals surface area (Å²) in [6.45, 7) is 0. The Morgan fingerprint density at radius 3 is 2.79 bits per heavy atom. The van der Waals surface area contributed by atoms with Crippen LogP contribution in [-0.4, -0.2) is 11.1 Å². The summed E-state index contributed by atoms with van der Waals surface area (Å²) in [7, 11) is 0. The molecular weight excluding hydrogens is 180 g/mol. The quantitative estimate of drug-likeness (QED) is 0.627. The lowest BCUT2D eigenvalue weighted by molar-refractivity contribution is -0.137. The number of carboxylic acid groups (broad SMARTS) is 1. The van der Waals surface area contributed by atoms with E-state index in [4.69, 9.17) is 16.6 Å². The maximum atomic E-state index is 10.3. The molecule has 0 radical (unpaired) electrons. The molecule has 0 saturated heterocycles. The summed E-state index contributed by atoms with van der Waals surface area (Å²) < 4.78 is 0. The molecule has 1 aromatic carbocycles. The van der Waals surface area contributed by atoms with Gasteiger partial charge in [-0.05, 0) is 24.1 Å². The molecule has 0 aliphatic rings. The maximum absolute atomic E-state index is 10.3. The van der Waals surface area contributed by atoms with Crippen molar-refractivity contribution in [3.63, 3.8) is 0 Å². The summed E-state index contributed by atoms with van der Waals surface area (Å²) in [5, 5.41) is 8.48. The number of carboxylic acids is 1. The molecule has 0 amide bonds. The van der Waals surface area contributed by atoms with Crippen LogP contribution in [0.2, 0.25) is 0 Å². The van der Waals surface area contributed by atoms with Crippen molar-refractivity contribution in [2.24, 2.45) is 5.73 Å². The fraction of sp³-hybridized carbons (Fsp3) is 0.300. The van der Waals surface area contributed by atoms with E-state index in [1.54, 1.807) is 12.1 Å². The fourth-order valence-corrected chi connectivity index (χ4v) is 1.24. The summed E-state index contributed by atoms with van der Waals surface area (Å²) in [6.07, 6.45) is 0.509. The molecule has 14 heavy (non-hydrogen) atoms. The van der Waals surface area contributed by atoms with Gasteiger partial charge in [0.2, 0.25) is 0 Å². The number of anilines is 1. The largest absolute Gasteiger partial charge is 0.481 e. The van der Waals surface area contributed by atoms with Crippen LogP contribution in [0.15, 0.2) is 24.3 Å². The number of hydrogen-bond acceptors (Lipinski definition) is 3. The first-order valence-electron chi connectivity index (χ1n) is 4.42. The van der Waals surface area contributed by atoms with Crippen molar-refractivity contribution in [2.45, 2.75) is 18.9 Å². The molecule has 0 fully saturated rings. The molecule has 1 aromatic rings. The second kappa shape index (κ2) is 4.62. The highest BCUT2D eigenvalue weighted by Crippen LogP contribution is 2.17. The number of carbonyl (C=O) groups is 1. The van der Waals surface area contributed by atoms with Gasteiger partial charge < -0.3 is 16.6 Å². The second-order valence-electron chi connectivity index (χ2n) is 3.21. The summed E-state index contributed by atoms with van der Waals surface area (Å²) in [5.41, 5.74) is 12.9. The fourth-order valence-electron chi connectivity index (χ4n) is 1.24. The van der Waals surface area contributed by atoms with Crippen LogP contribution < -0.4 is 11.5 Å². The Labute approximate surface area is 82.5 Å². The standard InChI is InChI=1S/C10H14N2O2/c11-8-3-1-2-7(6-8)9(12)4-5-10(13)14/h1-3,6,9H,4-5,11-12H2,(H,13,14)/t9-/m1/s1. The molecule has 0 aliphatic carbocycles. The third-order valence-electron chi connectivity index (χ3n) is 2.01. The lowest BCUT2D eigenvalue weighted by Gasteiger charge is -2.10. The van der Waals surface area contributed by atoms with E-state index >= 15 is 0 Å². The third kappa shape index (κ3) is 3.06. The van der Waals surface area contributed by atoms with Gasteiger partial charge in [0.05, 0.1) is 0 Å². The average molecular weight is 194 g/mol. The van der Waals surface area contributed by atoms with Crippen molar-refractivity contribution in [3.8, 4) is 0 Å². The van der Waals surface area contributed by atoms with Gasteiger partial charge >= 0.3 is 5.97 Å². The van der Waals surface area contributed by atoms with Gasteiger partial charge in [0, 0.05) is 18.2 Å². The van der Waals surface area contributed by atoms with E-state index in [-0.39, 0.29) is 12.5 Å². The SMILES string of the molecule is Nc1cccc([C@H](N)CCC(=O)O)c1. The average Bonchev–Trinajstić information content (AvgIpc) is 2.14. The molecule has 1 atom stereocenters. The summed E-state index contributed by atoms with van der Waals surface area (Å²) in [5.74, 6) is -0.829. The summed E-state index contributed by atoms with van der Waals surface area (Å²) >= 11 is 0. The lowest BCUT2D eigenvalue weighted by atomic mass is 10.0. The first-order valence-corrected chi connectivity index (χ1v) is 4.42. The van der Waals surface area contributed by atoms with E-state index in [9.17, 15) is 4.79 Å². The van der Waals surface area contributed by atoms with Crippen LogP contribution in [0.25, 0.3) is 0 Å². The second-order valence-corrected chi connectivity index (χ2v) is 3.21. The normalized spacial score (nSPS) is 12.4. The molecule has 76 valence electrons. The van der Waals surface area contributed by atoms with E-state index < -0.39 is 5.97 Å². The molecule has 0 bridgehead atoms. The summed E-state index contributed by atoms with van der Waals surface area (Å²) in [4.78, 5) is 10.3. The minimum absolute atomic E-state index is 0.0793. The minimum atomic E-state index is -0.829. The zero-order valence-electron chi connectivity index (χ0n) is 7.81. The molecule has 0 aliphatic heterocycles. The van der Waals surface area contributed by atoms with Gasteiger partial charge in [0.1, 0.15) is 0 Å². The predicted octanol–water partition coefficient (Wildman–Crippen LogP) is 1.13. The number of hydrogen-bond donors (Lipinski definition) is 3. The van der Waals surface area contributed by atoms with Crippen molar-refractivity contribution in [2.75, 3.05) is 5.73 Å². The molecule has 0 unspecified atom stereocenters. The monoisotopic (exact) mass is 194 g/mol. The topological polar surface area (TPSA) is 89.3 Å². The van der Waals surface area contributed by atoms with E-state index in [2.05, 4.69) is 0 Å². The Morgan fingerprint density at radius 1 is 1.50 bits per heavy atom. The molecule has 0 saturated carbocycles. The van der Waals surface area contributed by atoms with Crippen LogP contribution in [0, 0.1) is 0 Å². The molecule has 1 rings (SSSR count). The van der Waals surface area contributed by atoms with Gasteiger partial charge in [-0.1, -0.05) is 12.1 Å². The van der Waals surface area contributed by atoms with Gasteiger partial charge in [0.25, 0.3) is 0 Å². The highest BCUT2D eigenvalue weighted by Gasteiger charge is 2.08. The van der Waals surface area contributed by atoms with E-state index in [1.807, 2.05) is 12.1 Å². The molecule has 4 heteroatoms. The number of nitrogens with two attached hydrogens (primary N) is 2. The van der Waals surface area contributed by atoms with Crippen LogP contribution in [0.3, 0.4) is 0 Å². The van der Waals surface area contributed by atoms with E-state index in [0.717, 1.165) is 5.56 Å². The van der Waals surface area contributed by atoms with Crippen LogP contribution in [0.4, 0.5) is 5.69 Å². The van der Waals surface area contributed by atoms with Crippen molar-refractivity contribution in [3.05, 3.63) is 29.8 Å².